The third-order valence-corrected chi connectivity index (χ3v) is 5.98. The Morgan fingerprint density at radius 1 is 1.03 bits per heavy atom. The smallest absolute Gasteiger partial charge is 0.211 e. The lowest BCUT2D eigenvalue weighted by atomic mass is 10.1. The maximum absolute atomic E-state index is 5.64. The summed E-state index contributed by atoms with van der Waals surface area (Å²) in [7, 11) is 3.35. The third kappa shape index (κ3) is 4.62. The number of ether oxygens (including phenoxy) is 2. The van der Waals surface area contributed by atoms with Crippen LogP contribution in [0.15, 0.2) is 58.2 Å². The first-order valence-corrected chi connectivity index (χ1v) is 11.1. The highest BCUT2D eigenvalue weighted by molar-refractivity contribution is 7.07. The van der Waals surface area contributed by atoms with Crippen molar-refractivity contribution in [3.8, 4) is 22.8 Å². The van der Waals surface area contributed by atoms with E-state index in [1.54, 1.807) is 38.0 Å². The summed E-state index contributed by atoms with van der Waals surface area (Å²) < 4.78 is 13.0. The monoisotopic (exact) mass is 422 g/mol. The number of nitrogens with zero attached hydrogens (tertiary/aromatic N) is 4. The van der Waals surface area contributed by atoms with Gasteiger partial charge in [0.1, 0.15) is 11.5 Å². The fourth-order valence-electron chi connectivity index (χ4n) is 3.58. The zero-order valence-electron chi connectivity index (χ0n) is 17.4. The number of pyridine rings is 1. The van der Waals surface area contributed by atoms with Crippen LogP contribution in [-0.4, -0.2) is 29.6 Å². The fourth-order valence-corrected chi connectivity index (χ4v) is 4.42. The molecule has 7 heteroatoms. The maximum atomic E-state index is 5.64. The summed E-state index contributed by atoms with van der Waals surface area (Å²) in [5, 5.41) is 7.15. The summed E-state index contributed by atoms with van der Waals surface area (Å²) in [5.74, 6) is 1.55. The molecule has 0 N–H and O–H groups in total. The van der Waals surface area contributed by atoms with Gasteiger partial charge < -0.3 is 9.47 Å². The highest BCUT2D eigenvalue weighted by atomic mass is 32.1. The predicted molar refractivity (Wildman–Crippen MR) is 121 cm³/mol. The molecule has 1 aliphatic rings. The van der Waals surface area contributed by atoms with Crippen LogP contribution in [0.4, 0.5) is 5.69 Å². The molecule has 1 fully saturated rings. The molecule has 0 spiro atoms. The first kappa shape index (κ1) is 20.3. The molecule has 3 aromatic rings. The lowest BCUT2D eigenvalue weighted by Gasteiger charge is -2.12. The first-order valence-electron chi connectivity index (χ1n) is 10.2. The lowest BCUT2D eigenvalue weighted by Crippen LogP contribution is -2.14. The molecule has 6 nitrogen and oxygen atoms in total. The van der Waals surface area contributed by atoms with Gasteiger partial charge in [-0.1, -0.05) is 12.8 Å². The van der Waals surface area contributed by atoms with E-state index in [2.05, 4.69) is 10.4 Å². The van der Waals surface area contributed by atoms with Crippen molar-refractivity contribution < 1.29 is 9.47 Å². The van der Waals surface area contributed by atoms with Crippen LogP contribution in [0.25, 0.3) is 11.3 Å². The maximum Gasteiger partial charge on any atom is 0.211 e. The molecule has 0 amide bonds. The van der Waals surface area contributed by atoms with Crippen LogP contribution in [0.2, 0.25) is 0 Å². The molecule has 0 radical (unpaired) electrons. The predicted octanol–water partition coefficient (Wildman–Crippen LogP) is 5.42. The van der Waals surface area contributed by atoms with Gasteiger partial charge in [-0.3, -0.25) is 4.98 Å². The number of aromatic nitrogens is 2. The van der Waals surface area contributed by atoms with Crippen LogP contribution < -0.4 is 14.3 Å². The van der Waals surface area contributed by atoms with Crippen molar-refractivity contribution in [1.82, 2.24) is 9.66 Å². The van der Waals surface area contributed by atoms with Crippen LogP contribution in [0.5, 0.6) is 11.5 Å². The van der Waals surface area contributed by atoms with Crippen molar-refractivity contribution in [3.63, 3.8) is 0 Å². The summed E-state index contributed by atoms with van der Waals surface area (Å²) in [5.41, 5.74) is 3.90. The molecule has 0 atom stereocenters. The second-order valence-corrected chi connectivity index (χ2v) is 8.02. The van der Waals surface area contributed by atoms with Gasteiger partial charge in [0.05, 0.1) is 31.8 Å². The van der Waals surface area contributed by atoms with Gasteiger partial charge in [0.2, 0.25) is 4.80 Å². The molecular weight excluding hydrogens is 396 g/mol. The quantitative estimate of drug-likeness (QED) is 0.516. The summed E-state index contributed by atoms with van der Waals surface area (Å²) in [6, 6.07) is 9.64. The Morgan fingerprint density at radius 2 is 1.87 bits per heavy atom. The van der Waals surface area contributed by atoms with E-state index in [1.807, 2.05) is 35.0 Å². The van der Waals surface area contributed by atoms with Crippen molar-refractivity contribution in [2.45, 2.75) is 38.5 Å². The van der Waals surface area contributed by atoms with Crippen molar-refractivity contribution >= 4 is 22.7 Å². The third-order valence-electron chi connectivity index (χ3n) is 5.16. The second-order valence-electron chi connectivity index (χ2n) is 7.19. The SMILES string of the molecule is COc1ccc(OC)c(-c2csc(=Nc3cccnc3)n2N=C2CCCCCC2)c1. The summed E-state index contributed by atoms with van der Waals surface area (Å²) in [6.07, 6.45) is 10.5. The van der Waals surface area contributed by atoms with E-state index < -0.39 is 0 Å². The Hall–Kier alpha value is -2.93. The topological polar surface area (TPSA) is 61.0 Å². The average Bonchev–Trinajstić information content (AvgIpc) is 2.99. The fraction of sp³-hybridized carbons (Fsp3) is 0.348. The first-order chi connectivity index (χ1) is 14.8. The molecule has 2 heterocycles. The summed E-state index contributed by atoms with van der Waals surface area (Å²) in [4.78, 5) is 9.80. The average molecular weight is 423 g/mol. The Morgan fingerprint density at radius 3 is 2.57 bits per heavy atom. The zero-order chi connectivity index (χ0) is 20.8. The Kier molecular flexibility index (Phi) is 6.59. The van der Waals surface area contributed by atoms with Crippen molar-refractivity contribution in [2.24, 2.45) is 10.1 Å². The minimum Gasteiger partial charge on any atom is -0.497 e. The van der Waals surface area contributed by atoms with Gasteiger partial charge in [-0.2, -0.15) is 5.10 Å². The molecule has 0 aliphatic heterocycles. The molecule has 1 aliphatic carbocycles. The number of thiazole rings is 1. The van der Waals surface area contributed by atoms with Gasteiger partial charge in [-0.05, 0) is 56.0 Å². The molecule has 4 rings (SSSR count). The number of methoxy groups -OCH3 is 2. The Balaban J connectivity index is 1.89. The Bertz CT molecular complexity index is 1080. The van der Waals surface area contributed by atoms with Gasteiger partial charge in [0, 0.05) is 22.9 Å². The van der Waals surface area contributed by atoms with Gasteiger partial charge in [-0.15, -0.1) is 11.3 Å². The largest absolute Gasteiger partial charge is 0.497 e. The van der Waals surface area contributed by atoms with E-state index in [4.69, 9.17) is 19.6 Å². The van der Waals surface area contributed by atoms with E-state index in [9.17, 15) is 0 Å². The van der Waals surface area contributed by atoms with E-state index in [-0.39, 0.29) is 0 Å². The van der Waals surface area contributed by atoms with Gasteiger partial charge in [0.15, 0.2) is 0 Å². The van der Waals surface area contributed by atoms with Crippen molar-refractivity contribution in [3.05, 3.63) is 52.9 Å². The van der Waals surface area contributed by atoms with Crippen LogP contribution in [-0.2, 0) is 0 Å². The molecular formula is C23H26N4O2S. The van der Waals surface area contributed by atoms with Gasteiger partial charge >= 0.3 is 0 Å². The number of hydrogen-bond donors (Lipinski definition) is 0. The van der Waals surface area contributed by atoms with E-state index in [0.29, 0.717) is 0 Å². The highest BCUT2D eigenvalue weighted by Gasteiger charge is 2.15. The molecule has 1 saturated carbocycles. The van der Waals surface area contributed by atoms with Crippen LogP contribution in [0.1, 0.15) is 38.5 Å². The number of rotatable bonds is 5. The summed E-state index contributed by atoms with van der Waals surface area (Å²) >= 11 is 1.56. The standard InChI is InChI=1S/C23H26N4O2S/c1-28-19-11-12-22(29-2)20(14-19)21-16-30-23(25-18-10-7-13-24-15-18)27(21)26-17-8-5-3-4-6-9-17/h7,10-16H,3-6,8-9H2,1-2H3. The zero-order valence-corrected chi connectivity index (χ0v) is 18.2. The van der Waals surface area contributed by atoms with Gasteiger partial charge in [0.25, 0.3) is 0 Å². The van der Waals surface area contributed by atoms with E-state index in [0.717, 1.165) is 46.1 Å². The van der Waals surface area contributed by atoms with Gasteiger partial charge in [-0.25, -0.2) is 9.67 Å². The number of hydrogen-bond acceptors (Lipinski definition) is 6. The number of benzene rings is 1. The van der Waals surface area contributed by atoms with E-state index in [1.165, 1.54) is 31.4 Å². The molecule has 0 saturated heterocycles. The van der Waals surface area contributed by atoms with Crippen molar-refractivity contribution in [1.29, 1.82) is 0 Å². The molecule has 30 heavy (non-hydrogen) atoms. The minimum atomic E-state index is 0.774. The minimum absolute atomic E-state index is 0.774. The van der Waals surface area contributed by atoms with E-state index >= 15 is 0 Å². The molecule has 0 bridgehead atoms. The summed E-state index contributed by atoms with van der Waals surface area (Å²) in [6.45, 7) is 0. The normalized spacial score (nSPS) is 15.0. The van der Waals surface area contributed by atoms with Crippen LogP contribution in [0.3, 0.4) is 0 Å². The molecule has 2 aromatic heterocycles. The molecule has 1 aromatic carbocycles. The molecule has 0 unspecified atom stereocenters. The molecule has 156 valence electrons. The van der Waals surface area contributed by atoms with Crippen molar-refractivity contribution in [2.75, 3.05) is 14.2 Å². The Labute approximate surface area is 180 Å². The second kappa shape index (κ2) is 9.71. The van der Waals surface area contributed by atoms with Crippen LogP contribution in [0, 0.1) is 0 Å². The highest BCUT2D eigenvalue weighted by Crippen LogP contribution is 2.34. The lowest BCUT2D eigenvalue weighted by molar-refractivity contribution is 0.404. The van der Waals surface area contributed by atoms with Crippen LogP contribution >= 0.6 is 11.3 Å².